The van der Waals surface area contributed by atoms with Crippen molar-refractivity contribution in [2.75, 3.05) is 7.05 Å². The molecule has 3 aromatic rings. The standard InChI is InChI=1S/C19H13ClN4OS2/c1-23-18(25)15(27-19(23)26)11-16-21-17(12-7-9-13(20)10-8-12)22-24(16)14-5-3-2-4-6-14/h2-11H,1H3. The summed E-state index contributed by atoms with van der Waals surface area (Å²) >= 11 is 12.4. The molecule has 0 unspecified atom stereocenters. The van der Waals surface area contributed by atoms with Crippen LogP contribution in [0.1, 0.15) is 5.82 Å². The Bertz CT molecular complexity index is 1060. The number of rotatable bonds is 3. The minimum absolute atomic E-state index is 0.138. The van der Waals surface area contributed by atoms with E-state index < -0.39 is 0 Å². The lowest BCUT2D eigenvalue weighted by molar-refractivity contribution is -0.121. The van der Waals surface area contributed by atoms with Crippen molar-refractivity contribution in [2.45, 2.75) is 0 Å². The van der Waals surface area contributed by atoms with Crippen LogP contribution in [0.3, 0.4) is 0 Å². The maximum atomic E-state index is 12.4. The van der Waals surface area contributed by atoms with Gasteiger partial charge in [-0.3, -0.25) is 9.69 Å². The van der Waals surface area contributed by atoms with E-state index in [0.717, 1.165) is 11.3 Å². The highest BCUT2D eigenvalue weighted by Gasteiger charge is 2.29. The molecule has 0 spiro atoms. The van der Waals surface area contributed by atoms with Gasteiger partial charge >= 0.3 is 0 Å². The maximum Gasteiger partial charge on any atom is 0.266 e. The summed E-state index contributed by atoms with van der Waals surface area (Å²) in [6.07, 6.45) is 1.72. The average molecular weight is 413 g/mol. The van der Waals surface area contributed by atoms with E-state index >= 15 is 0 Å². The molecule has 2 aromatic carbocycles. The molecule has 1 amide bonds. The minimum atomic E-state index is -0.138. The molecule has 1 saturated heterocycles. The third-order valence-corrected chi connectivity index (χ3v) is 5.72. The zero-order valence-corrected chi connectivity index (χ0v) is 16.6. The third kappa shape index (κ3) is 3.53. The summed E-state index contributed by atoms with van der Waals surface area (Å²) in [5, 5.41) is 5.28. The second-order valence-electron chi connectivity index (χ2n) is 5.79. The molecule has 0 aliphatic carbocycles. The number of halogens is 1. The fraction of sp³-hybridized carbons (Fsp3) is 0.0526. The number of benzene rings is 2. The second-order valence-corrected chi connectivity index (χ2v) is 7.90. The lowest BCUT2D eigenvalue weighted by Crippen LogP contribution is -2.22. The normalized spacial score (nSPS) is 15.8. The molecule has 5 nitrogen and oxygen atoms in total. The molecule has 1 aliphatic heterocycles. The molecule has 0 N–H and O–H groups in total. The number of nitrogens with zero attached hydrogens (tertiary/aromatic N) is 4. The van der Waals surface area contributed by atoms with Crippen LogP contribution < -0.4 is 0 Å². The zero-order chi connectivity index (χ0) is 19.0. The van der Waals surface area contributed by atoms with Crippen LogP contribution >= 0.6 is 35.6 Å². The molecule has 0 radical (unpaired) electrons. The smallest absolute Gasteiger partial charge is 0.266 e. The highest BCUT2D eigenvalue weighted by Crippen LogP contribution is 2.32. The summed E-state index contributed by atoms with van der Waals surface area (Å²) in [5.74, 6) is 0.967. The van der Waals surface area contributed by atoms with Gasteiger partial charge in [0.25, 0.3) is 5.91 Å². The summed E-state index contributed by atoms with van der Waals surface area (Å²) in [6.45, 7) is 0. The van der Waals surface area contributed by atoms with E-state index in [1.165, 1.54) is 16.7 Å². The number of carbonyl (C=O) groups is 1. The molecule has 1 fully saturated rings. The molecule has 2 heterocycles. The fourth-order valence-electron chi connectivity index (χ4n) is 2.56. The minimum Gasteiger partial charge on any atom is -0.296 e. The van der Waals surface area contributed by atoms with Gasteiger partial charge in [0.05, 0.1) is 10.6 Å². The molecule has 134 valence electrons. The number of amides is 1. The van der Waals surface area contributed by atoms with Gasteiger partial charge in [-0.1, -0.05) is 53.8 Å². The number of thioether (sulfide) groups is 1. The van der Waals surface area contributed by atoms with Crippen LogP contribution in [0, 0.1) is 0 Å². The van der Waals surface area contributed by atoms with E-state index in [-0.39, 0.29) is 5.91 Å². The second kappa shape index (κ2) is 7.26. The first-order valence-corrected chi connectivity index (χ1v) is 9.63. The Labute approximate surface area is 170 Å². The lowest BCUT2D eigenvalue weighted by Gasteiger charge is -2.04. The van der Waals surface area contributed by atoms with E-state index in [1.54, 1.807) is 29.9 Å². The highest BCUT2D eigenvalue weighted by atomic mass is 35.5. The highest BCUT2D eigenvalue weighted by molar-refractivity contribution is 8.26. The molecule has 0 saturated carbocycles. The number of likely N-dealkylation sites (N-methyl/N-ethyl adjacent to an activating group) is 1. The van der Waals surface area contributed by atoms with Gasteiger partial charge in [0, 0.05) is 23.7 Å². The van der Waals surface area contributed by atoms with Crippen LogP contribution in [0.4, 0.5) is 0 Å². The van der Waals surface area contributed by atoms with Gasteiger partial charge in [0.1, 0.15) is 4.32 Å². The number of aromatic nitrogens is 3. The number of para-hydroxylation sites is 1. The van der Waals surface area contributed by atoms with Gasteiger partial charge in [0.2, 0.25) is 0 Å². The Morgan fingerprint density at radius 2 is 1.81 bits per heavy atom. The first-order chi connectivity index (χ1) is 13.0. The monoisotopic (exact) mass is 412 g/mol. The molecule has 0 bridgehead atoms. The van der Waals surface area contributed by atoms with Gasteiger partial charge in [-0.25, -0.2) is 9.67 Å². The molecule has 0 atom stereocenters. The van der Waals surface area contributed by atoms with Crippen molar-refractivity contribution in [3.8, 4) is 17.1 Å². The van der Waals surface area contributed by atoms with E-state index in [1.807, 2.05) is 42.5 Å². The Hall–Kier alpha value is -2.48. The van der Waals surface area contributed by atoms with Crippen LogP contribution in [0.15, 0.2) is 59.5 Å². The largest absolute Gasteiger partial charge is 0.296 e. The quantitative estimate of drug-likeness (QED) is 0.471. The Balaban J connectivity index is 1.83. The Morgan fingerprint density at radius 1 is 1.11 bits per heavy atom. The SMILES string of the molecule is CN1C(=O)C(=Cc2nc(-c3ccc(Cl)cc3)nn2-c2ccccc2)SC1=S. The van der Waals surface area contributed by atoms with Crippen LogP contribution in [-0.4, -0.2) is 36.9 Å². The molecule has 1 aromatic heterocycles. The molecular formula is C19H13ClN4OS2. The zero-order valence-electron chi connectivity index (χ0n) is 14.2. The van der Waals surface area contributed by atoms with Gasteiger partial charge in [-0.05, 0) is 36.4 Å². The van der Waals surface area contributed by atoms with Crippen molar-refractivity contribution in [1.29, 1.82) is 0 Å². The summed E-state index contributed by atoms with van der Waals surface area (Å²) < 4.78 is 2.24. The number of carbonyl (C=O) groups excluding carboxylic acids is 1. The molecule has 8 heteroatoms. The summed E-state index contributed by atoms with van der Waals surface area (Å²) in [7, 11) is 1.67. The van der Waals surface area contributed by atoms with Gasteiger partial charge in [-0.2, -0.15) is 0 Å². The van der Waals surface area contributed by atoms with Gasteiger partial charge < -0.3 is 0 Å². The van der Waals surface area contributed by atoms with Crippen LogP contribution in [0.2, 0.25) is 5.02 Å². The van der Waals surface area contributed by atoms with Crippen LogP contribution in [0.25, 0.3) is 23.2 Å². The number of hydrogen-bond donors (Lipinski definition) is 0. The third-order valence-electron chi connectivity index (χ3n) is 3.98. The maximum absolute atomic E-state index is 12.4. The summed E-state index contributed by atoms with van der Waals surface area (Å²) in [6, 6.07) is 17.0. The molecule has 4 rings (SSSR count). The van der Waals surface area contributed by atoms with Crippen molar-refractivity contribution in [2.24, 2.45) is 0 Å². The van der Waals surface area contributed by atoms with Gasteiger partial charge in [0.15, 0.2) is 11.6 Å². The van der Waals surface area contributed by atoms with E-state index in [0.29, 0.717) is 25.9 Å². The van der Waals surface area contributed by atoms with Crippen LogP contribution in [-0.2, 0) is 4.79 Å². The van der Waals surface area contributed by atoms with E-state index in [9.17, 15) is 4.79 Å². The molecule has 1 aliphatic rings. The van der Waals surface area contributed by atoms with Crippen molar-refractivity contribution in [1.82, 2.24) is 19.7 Å². The Morgan fingerprint density at radius 3 is 2.44 bits per heavy atom. The first kappa shape index (κ1) is 17.9. The van der Waals surface area contributed by atoms with E-state index in [2.05, 4.69) is 10.1 Å². The fourth-order valence-corrected chi connectivity index (χ4v) is 3.84. The average Bonchev–Trinajstić information content (AvgIpc) is 3.20. The van der Waals surface area contributed by atoms with Crippen molar-refractivity contribution in [3.63, 3.8) is 0 Å². The van der Waals surface area contributed by atoms with Crippen molar-refractivity contribution in [3.05, 3.63) is 70.3 Å². The summed E-state index contributed by atoms with van der Waals surface area (Å²) in [5.41, 5.74) is 1.69. The van der Waals surface area contributed by atoms with Crippen LogP contribution in [0.5, 0.6) is 0 Å². The lowest BCUT2D eigenvalue weighted by atomic mass is 10.2. The van der Waals surface area contributed by atoms with Crippen molar-refractivity contribution < 1.29 is 4.79 Å². The molecule has 27 heavy (non-hydrogen) atoms. The summed E-state index contributed by atoms with van der Waals surface area (Å²) in [4.78, 5) is 19.0. The van der Waals surface area contributed by atoms with E-state index in [4.69, 9.17) is 23.8 Å². The topological polar surface area (TPSA) is 51.0 Å². The van der Waals surface area contributed by atoms with Crippen molar-refractivity contribution >= 4 is 51.9 Å². The predicted octanol–water partition coefficient (Wildman–Crippen LogP) is 4.42. The van der Waals surface area contributed by atoms with Gasteiger partial charge in [-0.15, -0.1) is 5.10 Å². The molecular weight excluding hydrogens is 400 g/mol. The Kier molecular flexibility index (Phi) is 4.82. The first-order valence-electron chi connectivity index (χ1n) is 8.03. The predicted molar refractivity (Wildman–Crippen MR) is 113 cm³/mol. The number of thiocarbonyl (C=S) groups is 1. The number of hydrogen-bond acceptors (Lipinski definition) is 5.